The number of Topliss-reactive ketones (excluding diaryl/α,β-unsaturated/α-hetero) is 1. The Morgan fingerprint density at radius 1 is 1.28 bits per heavy atom. The summed E-state index contributed by atoms with van der Waals surface area (Å²) in [4.78, 5) is 26.7. The van der Waals surface area contributed by atoms with Crippen LogP contribution in [-0.4, -0.2) is 45.8 Å². The molecule has 0 spiro atoms. The lowest BCUT2D eigenvalue weighted by Gasteiger charge is -2.31. The molecule has 0 radical (unpaired) electrons. The van der Waals surface area contributed by atoms with Gasteiger partial charge in [0.15, 0.2) is 5.84 Å². The van der Waals surface area contributed by atoms with E-state index in [1.165, 1.54) is 24.4 Å². The molecule has 0 bridgehead atoms. The Bertz CT molecular complexity index is 931. The first-order valence-corrected chi connectivity index (χ1v) is 11.3. The Labute approximate surface area is 184 Å². The molecule has 154 valence electrons. The van der Waals surface area contributed by atoms with Gasteiger partial charge in [0.1, 0.15) is 5.82 Å². The van der Waals surface area contributed by atoms with Crippen LogP contribution in [-0.2, 0) is 7.86 Å². The van der Waals surface area contributed by atoms with Crippen molar-refractivity contribution in [2.75, 3.05) is 23.7 Å². The highest BCUT2D eigenvalue weighted by atomic mass is 127. The van der Waals surface area contributed by atoms with Gasteiger partial charge in [-0.3, -0.25) is 9.89 Å². The number of amides is 2. The molecule has 1 fully saturated rings. The van der Waals surface area contributed by atoms with Crippen molar-refractivity contribution in [1.82, 2.24) is 15.1 Å². The van der Waals surface area contributed by atoms with Gasteiger partial charge in [0.05, 0.1) is 16.4 Å². The first-order chi connectivity index (χ1) is 14.0. The number of nitrogens with zero attached hydrogens (tertiary/aromatic N) is 3. The van der Waals surface area contributed by atoms with Crippen LogP contribution in [0.2, 0.25) is 0 Å². The van der Waals surface area contributed by atoms with Gasteiger partial charge in [-0.05, 0) is 47.0 Å². The number of nitrogens with one attached hydrogen (secondary N) is 3. The summed E-state index contributed by atoms with van der Waals surface area (Å²) in [5.41, 5.74) is 1.02. The standard InChI is InChI=1S/C17H17BrFIN6O3/c18-13-7-11(1-2-14(13)19)23-16(25-20-29)15(27)10-3-5-26(6-4-10)17(28)24-12-8-21-22-9-12/h1-2,7-10H,3-6H2,(H,21,22)(H,24,28)(H,23,25,29). The smallest absolute Gasteiger partial charge is 0.321 e. The maximum atomic E-state index is 13.4. The zero-order chi connectivity index (χ0) is 20.8. The van der Waals surface area contributed by atoms with E-state index in [4.69, 9.17) is 0 Å². The Morgan fingerprint density at radius 3 is 2.66 bits per heavy atom. The van der Waals surface area contributed by atoms with E-state index < -0.39 is 27.3 Å². The summed E-state index contributed by atoms with van der Waals surface area (Å²) < 4.78 is 28.6. The summed E-state index contributed by atoms with van der Waals surface area (Å²) in [5, 5.41) is 11.9. The summed E-state index contributed by atoms with van der Waals surface area (Å²) in [7, 11) is 0. The number of rotatable bonds is 5. The molecule has 3 rings (SSSR count). The predicted molar refractivity (Wildman–Crippen MR) is 117 cm³/mol. The van der Waals surface area contributed by atoms with Crippen LogP contribution in [0.15, 0.2) is 38.3 Å². The third-order valence-electron chi connectivity index (χ3n) is 4.44. The van der Waals surface area contributed by atoms with Crippen molar-refractivity contribution in [3.05, 3.63) is 40.9 Å². The highest BCUT2D eigenvalue weighted by Crippen LogP contribution is 2.23. The van der Waals surface area contributed by atoms with E-state index in [9.17, 15) is 17.0 Å². The van der Waals surface area contributed by atoms with E-state index in [-0.39, 0.29) is 28.0 Å². The lowest BCUT2D eigenvalue weighted by molar-refractivity contribution is -0.117. The molecule has 1 aliphatic rings. The number of amidine groups is 1. The van der Waals surface area contributed by atoms with E-state index >= 15 is 0 Å². The molecule has 1 aliphatic heterocycles. The summed E-state index contributed by atoms with van der Waals surface area (Å²) in [6.45, 7) is 0.809. The second kappa shape index (κ2) is 10.0. The second-order valence-corrected chi connectivity index (χ2v) is 8.03. The van der Waals surface area contributed by atoms with E-state index in [0.717, 1.165) is 0 Å². The van der Waals surface area contributed by atoms with Crippen molar-refractivity contribution in [3.8, 4) is 0 Å². The highest BCUT2D eigenvalue weighted by Gasteiger charge is 2.30. The van der Waals surface area contributed by atoms with E-state index in [1.54, 1.807) is 11.1 Å². The Hall–Kier alpha value is -2.22. The summed E-state index contributed by atoms with van der Waals surface area (Å²) in [5.74, 6) is -1.06. The number of H-pyrrole nitrogens is 1. The largest absolute Gasteiger partial charge is 0.337 e. The maximum absolute atomic E-state index is 13.4. The third kappa shape index (κ3) is 5.65. The van der Waals surface area contributed by atoms with E-state index in [0.29, 0.717) is 37.3 Å². The maximum Gasteiger partial charge on any atom is 0.321 e. The first kappa shape index (κ1) is 21.5. The molecular formula is C17H17BrFIN6O3. The van der Waals surface area contributed by atoms with Crippen LogP contribution in [0.3, 0.4) is 0 Å². The van der Waals surface area contributed by atoms with Gasteiger partial charge >= 0.3 is 6.03 Å². The van der Waals surface area contributed by atoms with Gasteiger partial charge in [0.2, 0.25) is 5.78 Å². The Kier molecular flexibility index (Phi) is 7.41. The SMILES string of the molecule is O=I/N=C(\Nc1ccc(F)c(Br)c1)C(=O)C1CCN(C(=O)Nc2cn[nH]c2)CC1. The van der Waals surface area contributed by atoms with E-state index in [1.807, 2.05) is 0 Å². The van der Waals surface area contributed by atoms with Crippen LogP contribution in [0.4, 0.5) is 20.6 Å². The highest BCUT2D eigenvalue weighted by molar-refractivity contribution is 14.1. The van der Waals surface area contributed by atoms with Crippen molar-refractivity contribution < 1.29 is 17.0 Å². The van der Waals surface area contributed by atoms with Crippen molar-refractivity contribution in [1.29, 1.82) is 0 Å². The topological polar surface area (TPSA) is 120 Å². The minimum absolute atomic E-state index is 0.00685. The van der Waals surface area contributed by atoms with Crippen LogP contribution in [0.25, 0.3) is 0 Å². The molecule has 29 heavy (non-hydrogen) atoms. The van der Waals surface area contributed by atoms with Gasteiger partial charge in [-0.1, -0.05) is 0 Å². The number of anilines is 2. The number of hydrogen-bond donors (Lipinski definition) is 3. The number of piperidine rings is 1. The normalized spacial score (nSPS) is 15.2. The monoisotopic (exact) mass is 578 g/mol. The molecule has 2 amide bonds. The fourth-order valence-corrected chi connectivity index (χ4v) is 3.86. The van der Waals surface area contributed by atoms with Crippen LogP contribution < -0.4 is 10.6 Å². The predicted octanol–water partition coefficient (Wildman–Crippen LogP) is 3.87. The molecule has 1 saturated heterocycles. The third-order valence-corrected chi connectivity index (χ3v) is 5.72. The molecule has 12 heteroatoms. The number of carbonyl (C=O) groups excluding carboxylic acids is 2. The minimum atomic E-state index is -1.76. The molecular weight excluding hydrogens is 562 g/mol. The summed E-state index contributed by atoms with van der Waals surface area (Å²) in [6, 6.07) is 3.93. The number of benzene rings is 1. The van der Waals surface area contributed by atoms with Gasteiger partial charge in [-0.25, -0.2) is 12.3 Å². The molecule has 0 saturated carbocycles. The molecule has 1 aromatic carbocycles. The molecule has 9 nitrogen and oxygen atoms in total. The number of ketones is 1. The van der Waals surface area contributed by atoms with Gasteiger partial charge in [0.25, 0.3) is 21.5 Å². The minimum Gasteiger partial charge on any atom is -0.337 e. The molecule has 0 atom stereocenters. The average molecular weight is 579 g/mol. The van der Waals surface area contributed by atoms with Crippen molar-refractivity contribution in [2.24, 2.45) is 9.12 Å². The molecule has 0 unspecified atom stereocenters. The number of urea groups is 1. The average Bonchev–Trinajstić information content (AvgIpc) is 3.23. The fourth-order valence-electron chi connectivity index (χ4n) is 2.93. The Balaban J connectivity index is 1.59. The van der Waals surface area contributed by atoms with Crippen LogP contribution in [0.5, 0.6) is 0 Å². The van der Waals surface area contributed by atoms with Gasteiger partial charge in [-0.15, -0.1) is 0 Å². The Morgan fingerprint density at radius 2 is 2.03 bits per heavy atom. The van der Waals surface area contributed by atoms with Crippen LogP contribution in [0, 0.1) is 11.7 Å². The summed E-state index contributed by atoms with van der Waals surface area (Å²) >= 11 is 1.33. The number of halogens is 3. The van der Waals surface area contributed by atoms with Crippen molar-refractivity contribution in [3.63, 3.8) is 0 Å². The first-order valence-electron chi connectivity index (χ1n) is 8.63. The lowest BCUT2D eigenvalue weighted by Crippen LogP contribution is -2.44. The quantitative estimate of drug-likeness (QED) is 0.283. The zero-order valence-corrected chi connectivity index (χ0v) is 18.7. The fraction of sp³-hybridized carbons (Fsp3) is 0.294. The van der Waals surface area contributed by atoms with Crippen LogP contribution in [0.1, 0.15) is 12.8 Å². The van der Waals surface area contributed by atoms with Crippen molar-refractivity contribution in [2.45, 2.75) is 12.8 Å². The summed E-state index contributed by atoms with van der Waals surface area (Å²) in [6.07, 6.45) is 4.00. The number of aromatic nitrogens is 2. The second-order valence-electron chi connectivity index (χ2n) is 6.30. The lowest BCUT2D eigenvalue weighted by atomic mass is 9.92. The van der Waals surface area contributed by atoms with Gasteiger partial charge < -0.3 is 15.5 Å². The van der Waals surface area contributed by atoms with E-state index in [2.05, 4.69) is 40.0 Å². The number of aromatic amines is 1. The number of carbonyl (C=O) groups is 2. The van der Waals surface area contributed by atoms with Crippen LogP contribution >= 0.6 is 37.4 Å². The van der Waals surface area contributed by atoms with Gasteiger partial charge in [-0.2, -0.15) is 8.30 Å². The molecule has 0 aliphatic carbocycles. The molecule has 3 N–H and O–H groups in total. The number of likely N-dealkylation sites (tertiary alicyclic amines) is 1. The molecule has 2 aromatic rings. The van der Waals surface area contributed by atoms with Gasteiger partial charge in [0, 0.05) is 30.9 Å². The molecule has 2 heterocycles. The number of hydrogen-bond acceptors (Lipinski definition) is 4. The molecule has 1 aromatic heterocycles. The van der Waals surface area contributed by atoms with Crippen molar-refractivity contribution >= 4 is 66.4 Å². The zero-order valence-electron chi connectivity index (χ0n) is 15.0.